The average Bonchev–Trinajstić information content (AvgIpc) is 2.29. The monoisotopic (exact) mass is 242 g/mol. The van der Waals surface area contributed by atoms with Crippen molar-refractivity contribution in [2.24, 2.45) is 0 Å². The maximum atomic E-state index is 11.4. The number of rotatable bonds is 4. The Morgan fingerprint density at radius 2 is 2.25 bits per heavy atom. The molecule has 0 heterocycles. The molecular weight excluding hydrogens is 228 g/mol. The van der Waals surface area contributed by atoms with E-state index in [1.165, 1.54) is 0 Å². The summed E-state index contributed by atoms with van der Waals surface area (Å²) in [4.78, 5) is 11.4. The van der Waals surface area contributed by atoms with Gasteiger partial charge in [0.1, 0.15) is 0 Å². The highest BCUT2D eigenvalue weighted by molar-refractivity contribution is 6.18. The van der Waals surface area contributed by atoms with Crippen LogP contribution in [0, 0.1) is 6.92 Å². The number of hydrogen-bond acceptors (Lipinski definition) is 2. The van der Waals surface area contributed by atoms with Crippen molar-refractivity contribution in [1.29, 1.82) is 0 Å². The summed E-state index contributed by atoms with van der Waals surface area (Å²) in [5, 5.41) is 14.4. The van der Waals surface area contributed by atoms with E-state index in [0.717, 1.165) is 5.56 Å². The summed E-state index contributed by atoms with van der Waals surface area (Å²) in [6.07, 6.45) is 0. The smallest absolute Gasteiger partial charge is 0.319 e. The number of aliphatic hydroxyl groups is 1. The summed E-state index contributed by atoms with van der Waals surface area (Å²) < 4.78 is 0. The number of para-hydroxylation sites is 1. The Bertz CT molecular complexity index is 369. The zero-order valence-corrected chi connectivity index (χ0v) is 9.84. The molecule has 1 aromatic carbocycles. The molecule has 3 N–H and O–H groups in total. The zero-order chi connectivity index (χ0) is 12.0. The van der Waals surface area contributed by atoms with Crippen molar-refractivity contribution in [2.75, 3.05) is 17.7 Å². The van der Waals surface area contributed by atoms with Crippen molar-refractivity contribution in [3.63, 3.8) is 0 Å². The summed E-state index contributed by atoms with van der Waals surface area (Å²) in [6.45, 7) is 2.18. The lowest BCUT2D eigenvalue weighted by Crippen LogP contribution is -2.30. The molecule has 1 rings (SSSR count). The van der Waals surface area contributed by atoms with Crippen molar-refractivity contribution in [1.82, 2.24) is 5.32 Å². The molecule has 0 atom stereocenters. The van der Waals surface area contributed by atoms with Crippen LogP contribution in [0.4, 0.5) is 10.5 Å². The molecule has 0 aliphatic rings. The van der Waals surface area contributed by atoms with Crippen molar-refractivity contribution in [3.05, 3.63) is 29.3 Å². The van der Waals surface area contributed by atoms with Crippen LogP contribution in [0.3, 0.4) is 0 Å². The number of halogens is 1. The van der Waals surface area contributed by atoms with Gasteiger partial charge in [-0.25, -0.2) is 4.79 Å². The maximum Gasteiger partial charge on any atom is 0.319 e. The molecule has 0 saturated heterocycles. The van der Waals surface area contributed by atoms with Crippen LogP contribution in [0.15, 0.2) is 18.2 Å². The van der Waals surface area contributed by atoms with E-state index >= 15 is 0 Å². The minimum absolute atomic E-state index is 0.104. The van der Waals surface area contributed by atoms with Gasteiger partial charge in [0.25, 0.3) is 0 Å². The Morgan fingerprint density at radius 1 is 1.50 bits per heavy atom. The number of amides is 2. The molecule has 0 fully saturated rings. The summed E-state index contributed by atoms with van der Waals surface area (Å²) in [5.41, 5.74) is 2.26. The van der Waals surface area contributed by atoms with Gasteiger partial charge in [0.05, 0.1) is 12.3 Å². The summed E-state index contributed by atoms with van der Waals surface area (Å²) in [5.74, 6) is 0.369. The number of carbonyl (C=O) groups is 1. The molecule has 0 aliphatic carbocycles. The van der Waals surface area contributed by atoms with Gasteiger partial charge in [-0.15, -0.1) is 11.6 Å². The van der Waals surface area contributed by atoms with E-state index in [9.17, 15) is 4.79 Å². The Hall–Kier alpha value is -1.26. The predicted molar refractivity (Wildman–Crippen MR) is 64.8 cm³/mol. The van der Waals surface area contributed by atoms with Crippen molar-refractivity contribution in [2.45, 2.75) is 13.5 Å². The first-order valence-electron chi connectivity index (χ1n) is 4.99. The van der Waals surface area contributed by atoms with Gasteiger partial charge in [0.15, 0.2) is 0 Å². The molecule has 4 nitrogen and oxygen atoms in total. The Balaban J connectivity index is 2.75. The van der Waals surface area contributed by atoms with E-state index in [0.29, 0.717) is 23.7 Å². The molecule has 0 unspecified atom stereocenters. The number of anilines is 1. The predicted octanol–water partition coefficient (Wildman–Crippen LogP) is 1.85. The average molecular weight is 243 g/mol. The van der Waals surface area contributed by atoms with Crippen LogP contribution in [0.25, 0.3) is 0 Å². The molecule has 0 aromatic heterocycles. The Morgan fingerprint density at radius 3 is 2.88 bits per heavy atom. The molecule has 0 radical (unpaired) electrons. The quantitative estimate of drug-likeness (QED) is 0.706. The lowest BCUT2D eigenvalue weighted by molar-refractivity contribution is 0.252. The van der Waals surface area contributed by atoms with Gasteiger partial charge in [-0.2, -0.15) is 0 Å². The topological polar surface area (TPSA) is 61.4 Å². The third-order valence-corrected chi connectivity index (χ3v) is 2.34. The van der Waals surface area contributed by atoms with Crippen LogP contribution in [-0.4, -0.2) is 23.6 Å². The minimum atomic E-state index is -0.315. The molecule has 0 aliphatic heterocycles. The third kappa shape index (κ3) is 3.40. The summed E-state index contributed by atoms with van der Waals surface area (Å²) >= 11 is 5.46. The van der Waals surface area contributed by atoms with Gasteiger partial charge in [0, 0.05) is 18.0 Å². The maximum absolute atomic E-state index is 11.4. The molecular formula is C11H15ClN2O2. The van der Waals surface area contributed by atoms with Gasteiger partial charge < -0.3 is 15.7 Å². The number of alkyl halides is 1. The van der Waals surface area contributed by atoms with E-state index in [2.05, 4.69) is 10.6 Å². The number of hydrogen-bond donors (Lipinski definition) is 3. The van der Waals surface area contributed by atoms with E-state index in [1.807, 2.05) is 19.1 Å². The third-order valence-electron chi connectivity index (χ3n) is 2.15. The van der Waals surface area contributed by atoms with Gasteiger partial charge >= 0.3 is 6.03 Å². The first-order chi connectivity index (χ1) is 7.69. The first-order valence-corrected chi connectivity index (χ1v) is 5.52. The van der Waals surface area contributed by atoms with E-state index in [1.54, 1.807) is 6.07 Å². The molecule has 16 heavy (non-hydrogen) atoms. The molecule has 88 valence electrons. The highest BCUT2D eigenvalue weighted by Gasteiger charge is 2.07. The van der Waals surface area contributed by atoms with Crippen LogP contribution in [-0.2, 0) is 6.61 Å². The number of aliphatic hydroxyl groups excluding tert-OH is 1. The molecule has 1 aromatic rings. The van der Waals surface area contributed by atoms with Gasteiger partial charge in [-0.05, 0) is 12.5 Å². The van der Waals surface area contributed by atoms with E-state index < -0.39 is 0 Å². The second kappa shape index (κ2) is 6.35. The fourth-order valence-corrected chi connectivity index (χ4v) is 1.45. The van der Waals surface area contributed by atoms with E-state index in [-0.39, 0.29) is 12.6 Å². The van der Waals surface area contributed by atoms with Crippen molar-refractivity contribution in [3.8, 4) is 0 Å². The molecule has 0 spiro atoms. The summed E-state index contributed by atoms with van der Waals surface area (Å²) in [6, 6.07) is 5.16. The fourth-order valence-electron chi connectivity index (χ4n) is 1.36. The standard InChI is InChI=1S/C11H15ClN2O2/c1-8-3-2-4-9(7-15)10(8)14-11(16)13-6-5-12/h2-4,15H,5-7H2,1H3,(H2,13,14,16). The number of benzene rings is 1. The number of nitrogens with one attached hydrogen (secondary N) is 2. The lowest BCUT2D eigenvalue weighted by atomic mass is 10.1. The van der Waals surface area contributed by atoms with Gasteiger partial charge in [-0.3, -0.25) is 0 Å². The highest BCUT2D eigenvalue weighted by Crippen LogP contribution is 2.20. The van der Waals surface area contributed by atoms with E-state index in [4.69, 9.17) is 16.7 Å². The Kier molecular flexibility index (Phi) is 5.08. The van der Waals surface area contributed by atoms with Crippen molar-refractivity contribution < 1.29 is 9.90 Å². The van der Waals surface area contributed by atoms with Crippen LogP contribution >= 0.6 is 11.6 Å². The fraction of sp³-hybridized carbons (Fsp3) is 0.364. The zero-order valence-electron chi connectivity index (χ0n) is 9.09. The lowest BCUT2D eigenvalue weighted by Gasteiger charge is -2.12. The normalized spacial score (nSPS) is 9.94. The second-order valence-electron chi connectivity index (χ2n) is 3.34. The molecule has 0 saturated carbocycles. The van der Waals surface area contributed by atoms with Crippen LogP contribution in [0.5, 0.6) is 0 Å². The summed E-state index contributed by atoms with van der Waals surface area (Å²) in [7, 11) is 0. The minimum Gasteiger partial charge on any atom is -0.392 e. The first kappa shape index (κ1) is 12.8. The number of aryl methyl sites for hydroxylation is 1. The second-order valence-corrected chi connectivity index (χ2v) is 3.71. The van der Waals surface area contributed by atoms with Crippen LogP contribution in [0.2, 0.25) is 0 Å². The SMILES string of the molecule is Cc1cccc(CO)c1NC(=O)NCCCl. The Labute approximate surface area is 99.6 Å². The largest absolute Gasteiger partial charge is 0.392 e. The molecule has 2 amide bonds. The number of urea groups is 1. The van der Waals surface area contributed by atoms with Gasteiger partial charge in [-0.1, -0.05) is 18.2 Å². The molecule has 5 heteroatoms. The highest BCUT2D eigenvalue weighted by atomic mass is 35.5. The van der Waals surface area contributed by atoms with Crippen molar-refractivity contribution >= 4 is 23.3 Å². The van der Waals surface area contributed by atoms with Gasteiger partial charge in [0.2, 0.25) is 0 Å². The number of carbonyl (C=O) groups excluding carboxylic acids is 1. The molecule has 0 bridgehead atoms. The van der Waals surface area contributed by atoms with Crippen LogP contribution in [0.1, 0.15) is 11.1 Å². The van der Waals surface area contributed by atoms with Crippen LogP contribution < -0.4 is 10.6 Å².